The van der Waals surface area contributed by atoms with Gasteiger partial charge in [-0.3, -0.25) is 14.2 Å². The van der Waals surface area contributed by atoms with Crippen molar-refractivity contribution in [2.75, 3.05) is 5.75 Å². The van der Waals surface area contributed by atoms with Gasteiger partial charge >= 0.3 is 0 Å². The zero-order valence-corrected chi connectivity index (χ0v) is 16.5. The SMILES string of the molecule is O=C(CCn1c(=S)[nH]c2ccccc2c1=O)NC1CCSc2ccc(F)cc21. The Morgan fingerprint density at radius 3 is 3.00 bits per heavy atom. The number of thioether (sulfide) groups is 1. The van der Waals surface area contributed by atoms with Gasteiger partial charge in [-0.25, -0.2) is 4.39 Å². The molecule has 1 aliphatic rings. The molecule has 1 amide bonds. The number of carbonyl (C=O) groups excluding carboxylic acids is 1. The monoisotopic (exact) mass is 415 g/mol. The number of hydrogen-bond donors (Lipinski definition) is 2. The number of aromatic nitrogens is 2. The van der Waals surface area contributed by atoms with E-state index in [9.17, 15) is 14.0 Å². The molecule has 8 heteroatoms. The lowest BCUT2D eigenvalue weighted by Gasteiger charge is -2.26. The Balaban J connectivity index is 1.49. The first-order chi connectivity index (χ1) is 13.5. The van der Waals surface area contributed by atoms with E-state index in [-0.39, 0.29) is 41.1 Å². The first-order valence-corrected chi connectivity index (χ1v) is 10.4. The normalized spacial score (nSPS) is 16.0. The van der Waals surface area contributed by atoms with Crippen LogP contribution in [0.1, 0.15) is 24.4 Å². The molecular formula is C20H18FN3O2S2. The predicted octanol–water partition coefficient (Wildman–Crippen LogP) is 3.94. The summed E-state index contributed by atoms with van der Waals surface area (Å²) in [4.78, 5) is 29.2. The number of nitrogens with one attached hydrogen (secondary N) is 2. The number of rotatable bonds is 4. The average Bonchev–Trinajstić information content (AvgIpc) is 2.68. The minimum absolute atomic E-state index is 0.115. The summed E-state index contributed by atoms with van der Waals surface area (Å²) in [6.07, 6.45) is 0.854. The molecule has 3 aromatic rings. The lowest BCUT2D eigenvalue weighted by Crippen LogP contribution is -2.32. The number of aromatic amines is 1. The molecule has 2 aromatic carbocycles. The van der Waals surface area contributed by atoms with Gasteiger partial charge in [-0.05, 0) is 54.5 Å². The van der Waals surface area contributed by atoms with Crippen molar-refractivity contribution in [3.8, 4) is 0 Å². The quantitative estimate of drug-likeness (QED) is 0.634. The lowest BCUT2D eigenvalue weighted by atomic mass is 10.0. The first kappa shape index (κ1) is 18.9. The fourth-order valence-electron chi connectivity index (χ4n) is 3.40. The van der Waals surface area contributed by atoms with E-state index < -0.39 is 0 Å². The van der Waals surface area contributed by atoms with Crippen molar-refractivity contribution >= 4 is 40.8 Å². The third kappa shape index (κ3) is 3.74. The van der Waals surface area contributed by atoms with Crippen LogP contribution in [0.3, 0.4) is 0 Å². The summed E-state index contributed by atoms with van der Waals surface area (Å²) in [5.74, 6) is 0.356. The van der Waals surface area contributed by atoms with Crippen molar-refractivity contribution in [3.05, 3.63) is 69.0 Å². The van der Waals surface area contributed by atoms with Crippen molar-refractivity contribution in [2.45, 2.75) is 30.3 Å². The first-order valence-electron chi connectivity index (χ1n) is 8.96. The average molecular weight is 416 g/mol. The molecule has 0 radical (unpaired) electrons. The second-order valence-corrected chi connectivity index (χ2v) is 8.15. The Morgan fingerprint density at radius 2 is 2.14 bits per heavy atom. The Morgan fingerprint density at radius 1 is 1.32 bits per heavy atom. The molecule has 1 unspecified atom stereocenters. The molecular weight excluding hydrogens is 397 g/mol. The van der Waals surface area contributed by atoms with Crippen LogP contribution >= 0.6 is 24.0 Å². The third-order valence-electron chi connectivity index (χ3n) is 4.80. The Hall–Kier alpha value is -2.45. The highest BCUT2D eigenvalue weighted by Crippen LogP contribution is 2.36. The second kappa shape index (κ2) is 7.89. The van der Waals surface area contributed by atoms with Gasteiger partial charge in [-0.15, -0.1) is 11.8 Å². The maximum Gasteiger partial charge on any atom is 0.262 e. The van der Waals surface area contributed by atoms with Gasteiger partial charge < -0.3 is 10.3 Å². The van der Waals surface area contributed by atoms with Crippen LogP contribution in [0.4, 0.5) is 4.39 Å². The highest BCUT2D eigenvalue weighted by atomic mass is 32.2. The Labute approximate surface area is 170 Å². The Kier molecular flexibility index (Phi) is 5.32. The van der Waals surface area contributed by atoms with Crippen LogP contribution in [-0.4, -0.2) is 21.2 Å². The van der Waals surface area contributed by atoms with Gasteiger partial charge in [0.25, 0.3) is 5.56 Å². The molecule has 1 aromatic heterocycles. The van der Waals surface area contributed by atoms with E-state index in [1.807, 2.05) is 6.07 Å². The van der Waals surface area contributed by atoms with Gasteiger partial charge in [0, 0.05) is 23.6 Å². The lowest BCUT2D eigenvalue weighted by molar-refractivity contribution is -0.122. The molecule has 4 rings (SSSR count). The van der Waals surface area contributed by atoms with Gasteiger partial charge in [0.1, 0.15) is 5.82 Å². The topological polar surface area (TPSA) is 66.9 Å². The molecule has 28 heavy (non-hydrogen) atoms. The van der Waals surface area contributed by atoms with Gasteiger partial charge in [0.2, 0.25) is 5.91 Å². The number of fused-ring (bicyclic) bond motifs is 2. The fraction of sp³-hybridized carbons (Fsp3) is 0.250. The summed E-state index contributed by atoms with van der Waals surface area (Å²) >= 11 is 6.94. The number of hydrogen-bond acceptors (Lipinski definition) is 4. The van der Waals surface area contributed by atoms with Gasteiger partial charge in [-0.1, -0.05) is 12.1 Å². The fourth-order valence-corrected chi connectivity index (χ4v) is 4.79. The molecule has 0 fully saturated rings. The van der Waals surface area contributed by atoms with Gasteiger partial charge in [0.05, 0.1) is 16.9 Å². The van der Waals surface area contributed by atoms with Gasteiger partial charge in [-0.2, -0.15) is 0 Å². The highest BCUT2D eigenvalue weighted by Gasteiger charge is 2.23. The molecule has 0 spiro atoms. The van der Waals surface area contributed by atoms with E-state index in [0.29, 0.717) is 10.9 Å². The minimum Gasteiger partial charge on any atom is -0.349 e. The predicted molar refractivity (Wildman–Crippen MR) is 111 cm³/mol. The summed E-state index contributed by atoms with van der Waals surface area (Å²) in [6, 6.07) is 11.6. The van der Waals surface area contributed by atoms with Gasteiger partial charge in [0.15, 0.2) is 4.77 Å². The van der Waals surface area contributed by atoms with Crippen LogP contribution in [0, 0.1) is 10.6 Å². The summed E-state index contributed by atoms with van der Waals surface area (Å²) in [5.41, 5.74) is 1.27. The molecule has 2 N–H and O–H groups in total. The number of amides is 1. The Bertz CT molecular complexity index is 1170. The summed E-state index contributed by atoms with van der Waals surface area (Å²) < 4.78 is 15.3. The zero-order valence-electron chi connectivity index (χ0n) is 14.9. The zero-order chi connectivity index (χ0) is 19.7. The molecule has 0 saturated heterocycles. The molecule has 0 bridgehead atoms. The maximum absolute atomic E-state index is 13.6. The summed E-state index contributed by atoms with van der Waals surface area (Å²) in [6.45, 7) is 0.183. The smallest absolute Gasteiger partial charge is 0.262 e. The van der Waals surface area contributed by atoms with E-state index in [4.69, 9.17) is 12.2 Å². The minimum atomic E-state index is -0.311. The third-order valence-corrected chi connectivity index (χ3v) is 6.24. The summed E-state index contributed by atoms with van der Waals surface area (Å²) in [7, 11) is 0. The van der Waals surface area contributed by atoms with Crippen molar-refractivity contribution < 1.29 is 9.18 Å². The molecule has 144 valence electrons. The number of para-hydroxylation sites is 1. The number of carbonyl (C=O) groups is 1. The van der Waals surface area contributed by atoms with Crippen LogP contribution in [0.2, 0.25) is 0 Å². The van der Waals surface area contributed by atoms with E-state index in [0.717, 1.165) is 22.6 Å². The van der Waals surface area contributed by atoms with Crippen molar-refractivity contribution in [2.24, 2.45) is 0 Å². The van der Waals surface area contributed by atoms with Crippen LogP contribution in [0.25, 0.3) is 10.9 Å². The van der Waals surface area contributed by atoms with E-state index in [1.165, 1.54) is 16.7 Å². The number of H-pyrrole nitrogens is 1. The van der Waals surface area contributed by atoms with E-state index >= 15 is 0 Å². The van der Waals surface area contributed by atoms with Crippen LogP contribution in [0.5, 0.6) is 0 Å². The summed E-state index contributed by atoms with van der Waals surface area (Å²) in [5, 5.41) is 3.50. The molecule has 2 heterocycles. The van der Waals surface area contributed by atoms with Crippen molar-refractivity contribution in [3.63, 3.8) is 0 Å². The molecule has 0 aliphatic carbocycles. The largest absolute Gasteiger partial charge is 0.349 e. The van der Waals surface area contributed by atoms with E-state index in [1.54, 1.807) is 36.0 Å². The number of halogens is 1. The number of nitrogens with zero attached hydrogens (tertiary/aromatic N) is 1. The maximum atomic E-state index is 13.6. The van der Waals surface area contributed by atoms with Crippen LogP contribution < -0.4 is 10.9 Å². The second-order valence-electron chi connectivity index (χ2n) is 6.62. The highest BCUT2D eigenvalue weighted by molar-refractivity contribution is 7.99. The van der Waals surface area contributed by atoms with Crippen LogP contribution in [-0.2, 0) is 11.3 Å². The van der Waals surface area contributed by atoms with E-state index in [2.05, 4.69) is 10.3 Å². The van der Waals surface area contributed by atoms with Crippen molar-refractivity contribution in [1.29, 1.82) is 0 Å². The molecule has 1 aliphatic heterocycles. The van der Waals surface area contributed by atoms with Crippen molar-refractivity contribution in [1.82, 2.24) is 14.9 Å². The molecule has 0 saturated carbocycles. The molecule has 1 atom stereocenters. The standard InChI is InChI=1S/C20H18FN3O2S2/c21-12-5-6-17-14(11-12)16(8-10-28-17)22-18(25)7-9-24-19(26)13-3-1-2-4-15(13)23-20(24)27/h1-6,11,16H,7-10H2,(H,22,25)(H,23,27). The molecule has 5 nitrogen and oxygen atoms in total. The number of benzene rings is 2. The van der Waals surface area contributed by atoms with Crippen LogP contribution in [0.15, 0.2) is 52.2 Å².